The van der Waals surface area contributed by atoms with Gasteiger partial charge in [0.25, 0.3) is 0 Å². The fourth-order valence-corrected chi connectivity index (χ4v) is 2.02. The second kappa shape index (κ2) is 5.19. The van der Waals surface area contributed by atoms with Crippen LogP contribution in [0.5, 0.6) is 0 Å². The summed E-state index contributed by atoms with van der Waals surface area (Å²) in [6, 6.07) is 10.9. The molecule has 0 aliphatic heterocycles. The largest absolute Gasteiger partial charge is 0.292 e. The molecular formula is C13H11BrN2O. The number of Topliss-reactive ketones (excluding diaryl/α,β-unsaturated/α-hetero) is 1. The fraction of sp³-hybridized carbons (Fsp3) is 0.154. The minimum absolute atomic E-state index is 0.00343. The first kappa shape index (κ1) is 11.9. The van der Waals surface area contributed by atoms with Crippen molar-refractivity contribution in [1.29, 1.82) is 0 Å². The Balaban J connectivity index is 2.27. The van der Waals surface area contributed by atoms with Crippen molar-refractivity contribution >= 4 is 21.7 Å². The van der Waals surface area contributed by atoms with Gasteiger partial charge in [-0.1, -0.05) is 46.3 Å². The van der Waals surface area contributed by atoms with Crippen LogP contribution in [0.25, 0.3) is 0 Å². The average Bonchev–Trinajstić information content (AvgIpc) is 2.38. The van der Waals surface area contributed by atoms with E-state index in [2.05, 4.69) is 25.9 Å². The summed E-state index contributed by atoms with van der Waals surface area (Å²) in [6.45, 7) is 1.80. The number of hydrogen-bond acceptors (Lipinski definition) is 3. The van der Waals surface area contributed by atoms with E-state index in [9.17, 15) is 4.79 Å². The molecule has 0 aliphatic carbocycles. The zero-order valence-electron chi connectivity index (χ0n) is 9.30. The Morgan fingerprint density at radius 1 is 1.24 bits per heavy atom. The van der Waals surface area contributed by atoms with Crippen molar-refractivity contribution in [2.45, 2.75) is 11.8 Å². The number of benzene rings is 1. The summed E-state index contributed by atoms with van der Waals surface area (Å²) in [7, 11) is 0. The number of halogens is 1. The van der Waals surface area contributed by atoms with Crippen LogP contribution in [0.3, 0.4) is 0 Å². The fourth-order valence-electron chi connectivity index (χ4n) is 1.50. The first-order chi connectivity index (χ1) is 8.18. The summed E-state index contributed by atoms with van der Waals surface area (Å²) < 4.78 is 0. The number of carbonyl (C=O) groups is 1. The number of alkyl halides is 1. The van der Waals surface area contributed by atoms with Gasteiger partial charge >= 0.3 is 0 Å². The number of ketones is 1. The van der Waals surface area contributed by atoms with Crippen molar-refractivity contribution in [2.75, 3.05) is 0 Å². The Hall–Kier alpha value is -1.55. The number of aromatic nitrogens is 2. The van der Waals surface area contributed by atoms with Gasteiger partial charge in [0.15, 0.2) is 5.78 Å². The summed E-state index contributed by atoms with van der Waals surface area (Å²) in [4.78, 5) is 20.0. The highest BCUT2D eigenvalue weighted by molar-refractivity contribution is 9.09. The molecule has 17 heavy (non-hydrogen) atoms. The molecule has 0 fully saturated rings. The summed E-state index contributed by atoms with van der Waals surface area (Å²) in [5.41, 5.74) is 1.36. The zero-order valence-corrected chi connectivity index (χ0v) is 10.9. The van der Waals surface area contributed by atoms with Gasteiger partial charge in [-0.3, -0.25) is 4.79 Å². The van der Waals surface area contributed by atoms with E-state index in [-0.39, 0.29) is 5.78 Å². The number of rotatable bonds is 3. The topological polar surface area (TPSA) is 42.9 Å². The molecule has 0 N–H and O–H groups in total. The third-order valence-electron chi connectivity index (χ3n) is 2.35. The van der Waals surface area contributed by atoms with Crippen molar-refractivity contribution in [2.24, 2.45) is 0 Å². The number of hydrogen-bond donors (Lipinski definition) is 0. The van der Waals surface area contributed by atoms with Crippen molar-refractivity contribution in [3.05, 3.63) is 59.7 Å². The molecule has 0 saturated carbocycles. The maximum Gasteiger partial charge on any atom is 0.182 e. The van der Waals surface area contributed by atoms with Crippen molar-refractivity contribution in [3.63, 3.8) is 0 Å². The molecule has 0 aliphatic rings. The summed E-state index contributed by atoms with van der Waals surface area (Å²) in [5.74, 6) is 0.663. The summed E-state index contributed by atoms with van der Waals surface area (Å²) in [6.07, 6.45) is 1.66. The second-order valence-electron chi connectivity index (χ2n) is 3.62. The number of carbonyl (C=O) groups excluding carboxylic acids is 1. The Labute approximate surface area is 108 Å². The lowest BCUT2D eigenvalue weighted by Gasteiger charge is -2.08. The van der Waals surface area contributed by atoms with Crippen LogP contribution < -0.4 is 0 Å². The molecule has 1 heterocycles. The molecule has 1 aromatic heterocycles. The highest BCUT2D eigenvalue weighted by atomic mass is 79.9. The van der Waals surface area contributed by atoms with Crippen LogP contribution in [0.4, 0.5) is 0 Å². The monoisotopic (exact) mass is 290 g/mol. The van der Waals surface area contributed by atoms with E-state index in [1.165, 1.54) is 0 Å². The van der Waals surface area contributed by atoms with E-state index < -0.39 is 4.83 Å². The highest BCUT2D eigenvalue weighted by Gasteiger charge is 2.19. The Kier molecular flexibility index (Phi) is 3.64. The minimum Gasteiger partial charge on any atom is -0.292 e. The van der Waals surface area contributed by atoms with E-state index in [1.807, 2.05) is 18.2 Å². The Morgan fingerprint density at radius 2 is 1.94 bits per heavy atom. The van der Waals surface area contributed by atoms with Gasteiger partial charge in [0, 0.05) is 11.8 Å². The molecule has 0 radical (unpaired) electrons. The normalized spacial score (nSPS) is 12.1. The highest BCUT2D eigenvalue weighted by Crippen LogP contribution is 2.25. The molecule has 1 atom stereocenters. The van der Waals surface area contributed by atoms with Crippen LogP contribution in [-0.2, 0) is 0 Å². The average molecular weight is 291 g/mol. The molecule has 3 nitrogen and oxygen atoms in total. The SMILES string of the molecule is Cc1nccc(C(Br)C(=O)c2ccccc2)n1. The van der Waals surface area contributed by atoms with Crippen LogP contribution in [0, 0.1) is 6.92 Å². The van der Waals surface area contributed by atoms with Crippen LogP contribution in [0.2, 0.25) is 0 Å². The van der Waals surface area contributed by atoms with Gasteiger partial charge in [-0.05, 0) is 13.0 Å². The van der Waals surface area contributed by atoms with Gasteiger partial charge in [-0.25, -0.2) is 9.97 Å². The molecule has 4 heteroatoms. The molecular weight excluding hydrogens is 280 g/mol. The Bertz CT molecular complexity index is 528. The van der Waals surface area contributed by atoms with E-state index in [0.29, 0.717) is 17.1 Å². The predicted molar refractivity (Wildman–Crippen MR) is 69.2 cm³/mol. The van der Waals surface area contributed by atoms with E-state index in [0.717, 1.165) is 0 Å². The lowest BCUT2D eigenvalue weighted by Crippen LogP contribution is -2.09. The van der Waals surface area contributed by atoms with Gasteiger partial charge in [-0.2, -0.15) is 0 Å². The van der Waals surface area contributed by atoms with Crippen LogP contribution in [-0.4, -0.2) is 15.8 Å². The molecule has 0 amide bonds. The van der Waals surface area contributed by atoms with Gasteiger partial charge in [0.1, 0.15) is 10.7 Å². The van der Waals surface area contributed by atoms with Crippen LogP contribution >= 0.6 is 15.9 Å². The number of nitrogens with zero attached hydrogens (tertiary/aromatic N) is 2. The number of aryl methyl sites for hydroxylation is 1. The van der Waals surface area contributed by atoms with E-state index in [4.69, 9.17) is 0 Å². The van der Waals surface area contributed by atoms with E-state index in [1.54, 1.807) is 31.3 Å². The molecule has 1 aromatic carbocycles. The Morgan fingerprint density at radius 3 is 2.59 bits per heavy atom. The van der Waals surface area contributed by atoms with E-state index >= 15 is 0 Å². The maximum atomic E-state index is 12.1. The van der Waals surface area contributed by atoms with Crippen molar-refractivity contribution in [1.82, 2.24) is 9.97 Å². The van der Waals surface area contributed by atoms with Crippen LogP contribution in [0.1, 0.15) is 26.7 Å². The lowest BCUT2D eigenvalue weighted by molar-refractivity contribution is 0.0990. The quantitative estimate of drug-likeness (QED) is 0.644. The minimum atomic E-state index is -0.424. The van der Waals surface area contributed by atoms with Gasteiger partial charge in [-0.15, -0.1) is 0 Å². The third kappa shape index (κ3) is 2.77. The van der Waals surface area contributed by atoms with Gasteiger partial charge < -0.3 is 0 Å². The second-order valence-corrected chi connectivity index (χ2v) is 4.54. The maximum absolute atomic E-state index is 12.1. The van der Waals surface area contributed by atoms with Gasteiger partial charge in [0.2, 0.25) is 0 Å². The molecule has 0 saturated heterocycles. The smallest absolute Gasteiger partial charge is 0.182 e. The molecule has 0 spiro atoms. The van der Waals surface area contributed by atoms with Gasteiger partial charge in [0.05, 0.1) is 5.69 Å². The molecule has 2 aromatic rings. The van der Waals surface area contributed by atoms with Crippen LogP contribution in [0.15, 0.2) is 42.6 Å². The predicted octanol–water partition coefficient (Wildman–Crippen LogP) is 3.10. The first-order valence-electron chi connectivity index (χ1n) is 5.21. The zero-order chi connectivity index (χ0) is 12.3. The first-order valence-corrected chi connectivity index (χ1v) is 6.13. The molecule has 0 bridgehead atoms. The lowest BCUT2D eigenvalue weighted by atomic mass is 10.1. The summed E-state index contributed by atoms with van der Waals surface area (Å²) in [5, 5.41) is 0. The van der Waals surface area contributed by atoms with Crippen molar-refractivity contribution in [3.8, 4) is 0 Å². The third-order valence-corrected chi connectivity index (χ3v) is 3.23. The molecule has 1 unspecified atom stereocenters. The standard InChI is InChI=1S/C13H11BrN2O/c1-9-15-8-7-11(16-9)12(14)13(17)10-5-3-2-4-6-10/h2-8,12H,1H3. The molecule has 2 rings (SSSR count). The van der Waals surface area contributed by atoms with Crippen molar-refractivity contribution < 1.29 is 4.79 Å². The molecule has 86 valence electrons. The summed E-state index contributed by atoms with van der Waals surface area (Å²) >= 11 is 3.38.